The Kier molecular flexibility index (Phi) is 4.57. The minimum absolute atomic E-state index is 0.141. The molecule has 1 aliphatic heterocycles. The van der Waals surface area contributed by atoms with E-state index < -0.39 is 0 Å². The van der Waals surface area contributed by atoms with Crippen molar-refractivity contribution < 1.29 is 5.11 Å². The van der Waals surface area contributed by atoms with Crippen LogP contribution in [0.5, 0.6) is 0 Å². The molecule has 1 saturated heterocycles. The number of rotatable bonds is 4. The highest BCUT2D eigenvalue weighted by atomic mass is 16.3. The van der Waals surface area contributed by atoms with Gasteiger partial charge in [-0.25, -0.2) is 0 Å². The first-order valence-corrected chi connectivity index (χ1v) is 6.73. The number of likely N-dealkylation sites (tertiary alicyclic amines) is 1. The Balaban J connectivity index is 1.84. The van der Waals surface area contributed by atoms with Crippen molar-refractivity contribution in [2.45, 2.75) is 39.3 Å². The monoisotopic (exact) mass is 233 g/mol. The Morgan fingerprint density at radius 3 is 2.24 bits per heavy atom. The fourth-order valence-corrected chi connectivity index (χ4v) is 2.56. The first-order chi connectivity index (χ1) is 8.31. The lowest BCUT2D eigenvalue weighted by Gasteiger charge is -2.31. The van der Waals surface area contributed by atoms with Crippen LogP contribution in [0.1, 0.15) is 37.3 Å². The molecule has 0 spiro atoms. The predicted octanol–water partition coefficient (Wildman–Crippen LogP) is 2.80. The maximum atomic E-state index is 9.00. The average Bonchev–Trinajstić information content (AvgIpc) is 2.40. The van der Waals surface area contributed by atoms with Gasteiger partial charge in [-0.15, -0.1) is 0 Å². The van der Waals surface area contributed by atoms with Gasteiger partial charge >= 0.3 is 0 Å². The molecule has 0 amide bonds. The van der Waals surface area contributed by atoms with E-state index >= 15 is 0 Å². The lowest BCUT2D eigenvalue weighted by Crippen LogP contribution is -2.32. The predicted molar refractivity (Wildman–Crippen MR) is 70.7 cm³/mol. The van der Waals surface area contributed by atoms with Gasteiger partial charge in [-0.1, -0.05) is 37.6 Å². The van der Waals surface area contributed by atoms with Crippen molar-refractivity contribution in [3.8, 4) is 0 Å². The van der Waals surface area contributed by atoms with Gasteiger partial charge in [-0.05, 0) is 43.0 Å². The molecule has 1 aromatic rings. The van der Waals surface area contributed by atoms with E-state index in [1.165, 1.54) is 37.9 Å². The second kappa shape index (κ2) is 6.18. The van der Waals surface area contributed by atoms with Gasteiger partial charge in [0.25, 0.3) is 0 Å². The molecule has 0 saturated carbocycles. The van der Waals surface area contributed by atoms with E-state index in [2.05, 4.69) is 24.0 Å². The highest BCUT2D eigenvalue weighted by Crippen LogP contribution is 2.21. The first-order valence-electron chi connectivity index (χ1n) is 6.73. The van der Waals surface area contributed by atoms with Crippen molar-refractivity contribution in [1.29, 1.82) is 0 Å². The fourth-order valence-electron chi connectivity index (χ4n) is 2.56. The molecule has 0 radical (unpaired) electrons. The summed E-state index contributed by atoms with van der Waals surface area (Å²) in [6.07, 6.45) is 4.04. The largest absolute Gasteiger partial charge is 0.392 e. The van der Waals surface area contributed by atoms with E-state index in [-0.39, 0.29) is 6.61 Å². The van der Waals surface area contributed by atoms with Gasteiger partial charge in [0.1, 0.15) is 0 Å². The molecule has 94 valence electrons. The Bertz CT molecular complexity index is 325. The molecule has 1 fully saturated rings. The summed E-state index contributed by atoms with van der Waals surface area (Å²) < 4.78 is 0. The van der Waals surface area contributed by atoms with Crippen molar-refractivity contribution in [1.82, 2.24) is 4.90 Å². The number of piperidine rings is 1. The Morgan fingerprint density at radius 1 is 1.12 bits per heavy atom. The van der Waals surface area contributed by atoms with Crippen molar-refractivity contribution in [2.24, 2.45) is 5.92 Å². The van der Waals surface area contributed by atoms with E-state index in [0.29, 0.717) is 0 Å². The van der Waals surface area contributed by atoms with Gasteiger partial charge in [0.05, 0.1) is 6.61 Å². The van der Waals surface area contributed by atoms with E-state index in [9.17, 15) is 0 Å². The van der Waals surface area contributed by atoms with Crippen molar-refractivity contribution in [2.75, 3.05) is 13.1 Å². The minimum atomic E-state index is 0.141. The van der Waals surface area contributed by atoms with Crippen LogP contribution in [0, 0.1) is 5.92 Å². The zero-order valence-corrected chi connectivity index (χ0v) is 10.7. The Labute approximate surface area is 104 Å². The van der Waals surface area contributed by atoms with Crippen LogP contribution in [-0.2, 0) is 13.2 Å². The summed E-state index contributed by atoms with van der Waals surface area (Å²) in [6.45, 7) is 5.97. The molecule has 1 aromatic carbocycles. The molecule has 1 heterocycles. The molecule has 2 rings (SSSR count). The van der Waals surface area contributed by atoms with Crippen molar-refractivity contribution >= 4 is 0 Å². The van der Waals surface area contributed by atoms with Crippen LogP contribution in [-0.4, -0.2) is 23.1 Å². The Hall–Kier alpha value is -0.860. The van der Waals surface area contributed by atoms with Gasteiger partial charge in [0.2, 0.25) is 0 Å². The zero-order valence-electron chi connectivity index (χ0n) is 10.7. The van der Waals surface area contributed by atoms with Gasteiger partial charge in [-0.2, -0.15) is 0 Å². The third-order valence-corrected chi connectivity index (χ3v) is 3.90. The molecule has 1 N–H and O–H groups in total. The molecule has 1 aliphatic rings. The summed E-state index contributed by atoms with van der Waals surface area (Å²) in [5.74, 6) is 0.947. The topological polar surface area (TPSA) is 23.5 Å². The quantitative estimate of drug-likeness (QED) is 0.864. The molecule has 0 aliphatic carbocycles. The number of hydrogen-bond acceptors (Lipinski definition) is 2. The second-order valence-corrected chi connectivity index (χ2v) is 5.10. The third kappa shape index (κ3) is 3.55. The van der Waals surface area contributed by atoms with Crippen LogP contribution in [0.15, 0.2) is 24.3 Å². The van der Waals surface area contributed by atoms with Crippen LogP contribution in [0.25, 0.3) is 0 Å². The normalized spacial score (nSPS) is 18.5. The summed E-state index contributed by atoms with van der Waals surface area (Å²) in [5, 5.41) is 9.00. The molecule has 0 aromatic heterocycles. The van der Waals surface area contributed by atoms with E-state index in [1.54, 1.807) is 0 Å². The maximum absolute atomic E-state index is 9.00. The van der Waals surface area contributed by atoms with Crippen LogP contribution < -0.4 is 0 Å². The summed E-state index contributed by atoms with van der Waals surface area (Å²) in [5.41, 5.74) is 2.36. The van der Waals surface area contributed by atoms with Gasteiger partial charge in [-0.3, -0.25) is 4.90 Å². The number of aliphatic hydroxyl groups is 1. The number of nitrogens with zero attached hydrogens (tertiary/aromatic N) is 1. The average molecular weight is 233 g/mol. The van der Waals surface area contributed by atoms with Gasteiger partial charge in [0.15, 0.2) is 0 Å². The molecular weight excluding hydrogens is 210 g/mol. The maximum Gasteiger partial charge on any atom is 0.0681 e. The number of aliphatic hydroxyl groups excluding tert-OH is 1. The van der Waals surface area contributed by atoms with Crippen LogP contribution in [0.4, 0.5) is 0 Å². The standard InChI is InChI=1S/C15H23NO/c1-2-13-7-9-16(10-8-13)11-14-3-5-15(12-17)6-4-14/h3-6,13,17H,2,7-12H2,1H3. The molecule has 0 unspecified atom stereocenters. The summed E-state index contributed by atoms with van der Waals surface area (Å²) in [4.78, 5) is 2.54. The third-order valence-electron chi connectivity index (χ3n) is 3.90. The lowest BCUT2D eigenvalue weighted by molar-refractivity contribution is 0.175. The van der Waals surface area contributed by atoms with Crippen LogP contribution in [0.3, 0.4) is 0 Å². The highest BCUT2D eigenvalue weighted by molar-refractivity contribution is 5.21. The molecule has 0 bridgehead atoms. The van der Waals surface area contributed by atoms with Crippen molar-refractivity contribution in [3.63, 3.8) is 0 Å². The van der Waals surface area contributed by atoms with E-state index in [4.69, 9.17) is 5.11 Å². The molecule has 2 nitrogen and oxygen atoms in total. The lowest BCUT2D eigenvalue weighted by atomic mass is 9.94. The van der Waals surface area contributed by atoms with E-state index in [0.717, 1.165) is 18.0 Å². The van der Waals surface area contributed by atoms with Gasteiger partial charge in [0, 0.05) is 6.54 Å². The molecule has 0 atom stereocenters. The summed E-state index contributed by atoms with van der Waals surface area (Å²) in [7, 11) is 0. The highest BCUT2D eigenvalue weighted by Gasteiger charge is 2.17. The van der Waals surface area contributed by atoms with E-state index in [1.807, 2.05) is 12.1 Å². The van der Waals surface area contributed by atoms with Crippen molar-refractivity contribution in [3.05, 3.63) is 35.4 Å². The minimum Gasteiger partial charge on any atom is -0.392 e. The molecule has 2 heteroatoms. The summed E-state index contributed by atoms with van der Waals surface area (Å²) >= 11 is 0. The molecular formula is C15H23NO. The zero-order chi connectivity index (χ0) is 12.1. The molecule has 17 heavy (non-hydrogen) atoms. The smallest absolute Gasteiger partial charge is 0.0681 e. The number of benzene rings is 1. The van der Waals surface area contributed by atoms with Crippen LogP contribution in [0.2, 0.25) is 0 Å². The SMILES string of the molecule is CCC1CCN(Cc2ccc(CO)cc2)CC1. The van der Waals surface area contributed by atoms with Gasteiger partial charge < -0.3 is 5.11 Å². The Morgan fingerprint density at radius 2 is 1.71 bits per heavy atom. The summed E-state index contributed by atoms with van der Waals surface area (Å²) in [6, 6.07) is 8.32. The fraction of sp³-hybridized carbons (Fsp3) is 0.600. The number of hydrogen-bond donors (Lipinski definition) is 1. The second-order valence-electron chi connectivity index (χ2n) is 5.10. The van der Waals surface area contributed by atoms with Crippen LogP contribution >= 0.6 is 0 Å². The first kappa shape index (κ1) is 12.6.